The predicted octanol–water partition coefficient (Wildman–Crippen LogP) is 1.88. The van der Waals surface area contributed by atoms with Crippen LogP contribution in [0.25, 0.3) is 10.3 Å². The van der Waals surface area contributed by atoms with Gasteiger partial charge in [-0.1, -0.05) is 11.3 Å². The van der Waals surface area contributed by atoms with E-state index in [9.17, 15) is 0 Å². The molecule has 11 heavy (non-hydrogen) atoms. The summed E-state index contributed by atoms with van der Waals surface area (Å²) >= 11 is 5.08. The van der Waals surface area contributed by atoms with Crippen LogP contribution in [-0.2, 0) is 7.05 Å². The first kappa shape index (κ1) is 7.18. The highest BCUT2D eigenvalue weighted by Crippen LogP contribution is 2.17. The van der Waals surface area contributed by atoms with Crippen molar-refractivity contribution < 1.29 is 4.57 Å². The van der Waals surface area contributed by atoms with E-state index in [1.54, 1.807) is 11.3 Å². The van der Waals surface area contributed by atoms with Crippen molar-refractivity contribution in [3.05, 3.63) is 22.2 Å². The molecule has 0 N–H and O–H groups in total. The molecule has 4 heteroatoms. The summed E-state index contributed by atoms with van der Waals surface area (Å²) in [5.74, 6) is 0. The van der Waals surface area contributed by atoms with Crippen molar-refractivity contribution in [1.82, 2.24) is 4.98 Å². The second-order valence-corrected chi connectivity index (χ2v) is 4.11. The van der Waals surface area contributed by atoms with E-state index in [4.69, 9.17) is 0 Å². The van der Waals surface area contributed by atoms with Crippen molar-refractivity contribution in [2.75, 3.05) is 0 Å². The summed E-state index contributed by atoms with van der Waals surface area (Å²) in [5.41, 5.74) is 2.90. The van der Waals surface area contributed by atoms with Crippen LogP contribution in [0.5, 0.6) is 0 Å². The molecule has 0 aliphatic heterocycles. The number of pyridine rings is 1. The largest absolute Gasteiger partial charge is 0.341 e. The molecule has 2 nitrogen and oxygen atoms in total. The van der Waals surface area contributed by atoms with E-state index in [0.717, 1.165) is 10.1 Å². The Bertz CT molecular complexity index is 396. The topological polar surface area (TPSA) is 16.8 Å². The zero-order valence-electron chi connectivity index (χ0n) is 5.91. The first-order valence-corrected chi connectivity index (χ1v) is 4.83. The summed E-state index contributed by atoms with van der Waals surface area (Å²) in [4.78, 5) is 4.22. The van der Waals surface area contributed by atoms with Gasteiger partial charge in [-0.2, -0.15) is 0 Å². The maximum atomic E-state index is 4.22. The van der Waals surface area contributed by atoms with Crippen LogP contribution in [0.3, 0.4) is 0 Å². The SMILES string of the molecule is C[n+]1cc(Br)cc2scnc21. The van der Waals surface area contributed by atoms with Gasteiger partial charge in [0.2, 0.25) is 0 Å². The molecule has 0 bridgehead atoms. The summed E-state index contributed by atoms with van der Waals surface area (Å²) in [6.07, 6.45) is 2.00. The van der Waals surface area contributed by atoms with E-state index < -0.39 is 0 Å². The highest BCUT2D eigenvalue weighted by Gasteiger charge is 2.08. The number of aryl methyl sites for hydroxylation is 1. The summed E-state index contributed by atoms with van der Waals surface area (Å²) in [6.45, 7) is 0. The Kier molecular flexibility index (Phi) is 1.65. The Morgan fingerprint density at radius 1 is 1.64 bits per heavy atom. The van der Waals surface area contributed by atoms with Crippen LogP contribution in [0, 0.1) is 0 Å². The van der Waals surface area contributed by atoms with Gasteiger partial charge in [-0.05, 0) is 27.0 Å². The minimum Gasteiger partial charge on any atom is -0.231 e. The highest BCUT2D eigenvalue weighted by atomic mass is 79.9. The molecule has 0 radical (unpaired) electrons. The molecule has 2 aromatic heterocycles. The van der Waals surface area contributed by atoms with Gasteiger partial charge in [-0.25, -0.2) is 4.57 Å². The summed E-state index contributed by atoms with van der Waals surface area (Å²) in [6, 6.07) is 2.08. The van der Waals surface area contributed by atoms with Gasteiger partial charge in [0.1, 0.15) is 10.9 Å². The summed E-state index contributed by atoms with van der Waals surface area (Å²) < 4.78 is 4.31. The standard InChI is InChI=1S/C7H6BrN2S/c1-10-3-5(8)2-6-7(10)9-4-11-6/h2-4H,1H3/q+1. The highest BCUT2D eigenvalue weighted by molar-refractivity contribution is 9.10. The molecule has 2 aromatic rings. The molecular weight excluding hydrogens is 224 g/mol. The molecule has 56 valence electrons. The fraction of sp³-hybridized carbons (Fsp3) is 0.143. The molecule has 2 heterocycles. The van der Waals surface area contributed by atoms with Crippen molar-refractivity contribution in [3.8, 4) is 0 Å². The normalized spacial score (nSPS) is 10.7. The number of rotatable bonds is 0. The predicted molar refractivity (Wildman–Crippen MR) is 48.5 cm³/mol. The Morgan fingerprint density at radius 2 is 2.45 bits per heavy atom. The van der Waals surface area contributed by atoms with Gasteiger partial charge in [0.05, 0.1) is 11.5 Å². The number of hydrogen-bond acceptors (Lipinski definition) is 2. The van der Waals surface area contributed by atoms with E-state index in [0.29, 0.717) is 0 Å². The van der Waals surface area contributed by atoms with Gasteiger partial charge in [0.25, 0.3) is 0 Å². The first-order valence-electron chi connectivity index (χ1n) is 3.16. The molecular formula is C7H6BrN2S+. The van der Waals surface area contributed by atoms with Crippen LogP contribution in [0.1, 0.15) is 0 Å². The molecule has 0 unspecified atom stereocenters. The van der Waals surface area contributed by atoms with E-state index in [1.807, 2.05) is 23.3 Å². The summed E-state index contributed by atoms with van der Waals surface area (Å²) in [7, 11) is 1.99. The monoisotopic (exact) mass is 229 g/mol. The number of hydrogen-bond donors (Lipinski definition) is 0. The van der Waals surface area contributed by atoms with Gasteiger partial charge >= 0.3 is 5.65 Å². The van der Waals surface area contributed by atoms with E-state index >= 15 is 0 Å². The quantitative estimate of drug-likeness (QED) is 0.631. The Balaban J connectivity index is 2.91. The zero-order valence-corrected chi connectivity index (χ0v) is 8.32. The van der Waals surface area contributed by atoms with Gasteiger partial charge in [0, 0.05) is 0 Å². The minimum atomic E-state index is 1.04. The number of halogens is 1. The molecule has 0 aromatic carbocycles. The second-order valence-electron chi connectivity index (χ2n) is 2.31. The third-order valence-corrected chi connectivity index (χ3v) is 2.69. The molecule has 0 saturated heterocycles. The molecule has 2 rings (SSSR count). The smallest absolute Gasteiger partial charge is 0.231 e. The second kappa shape index (κ2) is 2.53. The minimum absolute atomic E-state index is 1.04. The van der Waals surface area contributed by atoms with Crippen LogP contribution in [0.15, 0.2) is 22.2 Å². The van der Waals surface area contributed by atoms with Gasteiger partial charge in [0.15, 0.2) is 5.51 Å². The van der Waals surface area contributed by atoms with E-state index in [2.05, 4.69) is 27.0 Å². The molecule has 0 atom stereocenters. The van der Waals surface area contributed by atoms with Gasteiger partial charge < -0.3 is 0 Å². The average Bonchev–Trinajstić information content (AvgIpc) is 2.34. The van der Waals surface area contributed by atoms with Crippen LogP contribution in [0.2, 0.25) is 0 Å². The van der Waals surface area contributed by atoms with Crippen LogP contribution < -0.4 is 4.57 Å². The van der Waals surface area contributed by atoms with E-state index in [-0.39, 0.29) is 0 Å². The van der Waals surface area contributed by atoms with Crippen LogP contribution in [-0.4, -0.2) is 4.98 Å². The lowest BCUT2D eigenvalue weighted by Crippen LogP contribution is -2.28. The van der Waals surface area contributed by atoms with Crippen molar-refractivity contribution in [3.63, 3.8) is 0 Å². The van der Waals surface area contributed by atoms with Crippen molar-refractivity contribution >= 4 is 37.6 Å². The number of nitrogens with zero attached hydrogens (tertiary/aromatic N) is 2. The Hall–Kier alpha value is -0.480. The molecule has 0 saturated carbocycles. The third kappa shape index (κ3) is 1.16. The lowest BCUT2D eigenvalue weighted by molar-refractivity contribution is -0.647. The average molecular weight is 230 g/mol. The van der Waals surface area contributed by atoms with Crippen LogP contribution in [0.4, 0.5) is 0 Å². The number of thiazole rings is 1. The molecule has 0 amide bonds. The fourth-order valence-electron chi connectivity index (χ4n) is 1.02. The molecule has 0 aliphatic rings. The first-order chi connectivity index (χ1) is 5.27. The van der Waals surface area contributed by atoms with Crippen LogP contribution >= 0.6 is 27.3 Å². The Labute approximate surface area is 76.6 Å². The molecule has 0 aliphatic carbocycles. The number of fused-ring (bicyclic) bond motifs is 1. The third-order valence-electron chi connectivity index (χ3n) is 1.50. The summed E-state index contributed by atoms with van der Waals surface area (Å²) in [5, 5.41) is 0. The molecule has 0 spiro atoms. The molecule has 0 fully saturated rings. The zero-order chi connectivity index (χ0) is 7.84. The maximum absolute atomic E-state index is 4.22. The maximum Gasteiger partial charge on any atom is 0.341 e. The fourth-order valence-corrected chi connectivity index (χ4v) is 2.47. The van der Waals surface area contributed by atoms with Crippen molar-refractivity contribution in [2.45, 2.75) is 0 Å². The lowest BCUT2D eigenvalue weighted by atomic mass is 10.5. The van der Waals surface area contributed by atoms with E-state index in [1.165, 1.54) is 4.70 Å². The lowest BCUT2D eigenvalue weighted by Gasteiger charge is -1.90. The van der Waals surface area contributed by atoms with Gasteiger partial charge in [-0.3, -0.25) is 0 Å². The number of aromatic nitrogens is 2. The van der Waals surface area contributed by atoms with Crippen molar-refractivity contribution in [1.29, 1.82) is 0 Å². The Morgan fingerprint density at radius 3 is 3.27 bits per heavy atom. The van der Waals surface area contributed by atoms with Crippen molar-refractivity contribution in [2.24, 2.45) is 7.05 Å². The van der Waals surface area contributed by atoms with Gasteiger partial charge in [-0.15, -0.1) is 0 Å².